The first-order valence-electron chi connectivity index (χ1n) is 6.84. The number of alkyl carbamates (subject to hydrolysis) is 1. The molecular weight excluding hydrogens is 274 g/mol. The van der Waals surface area contributed by atoms with Crippen LogP contribution in [0.25, 0.3) is 0 Å². The Morgan fingerprint density at radius 3 is 2.52 bits per heavy atom. The molecule has 0 spiro atoms. The van der Waals surface area contributed by atoms with Crippen LogP contribution < -0.4 is 5.32 Å². The van der Waals surface area contributed by atoms with Crippen molar-refractivity contribution < 1.29 is 24.2 Å². The number of carboxylic acids is 1. The number of aliphatic carboxylic acids is 1. The van der Waals surface area contributed by atoms with E-state index < -0.39 is 18.2 Å². The molecule has 0 aliphatic rings. The van der Waals surface area contributed by atoms with Gasteiger partial charge in [-0.2, -0.15) is 0 Å². The second-order valence-corrected chi connectivity index (χ2v) is 4.63. The van der Waals surface area contributed by atoms with Gasteiger partial charge >= 0.3 is 12.1 Å². The van der Waals surface area contributed by atoms with E-state index in [1.54, 1.807) is 0 Å². The van der Waals surface area contributed by atoms with Crippen molar-refractivity contribution in [2.24, 2.45) is 0 Å². The SMILES string of the molecule is CCC(COC(C)C(=O)O)NC(=O)OCc1ccccc1. The molecule has 6 nitrogen and oxygen atoms in total. The van der Waals surface area contributed by atoms with Gasteiger partial charge in [-0.15, -0.1) is 0 Å². The van der Waals surface area contributed by atoms with Crippen LogP contribution in [0.4, 0.5) is 4.79 Å². The lowest BCUT2D eigenvalue weighted by Gasteiger charge is -2.18. The number of carbonyl (C=O) groups is 2. The summed E-state index contributed by atoms with van der Waals surface area (Å²) < 4.78 is 10.2. The van der Waals surface area contributed by atoms with Crippen molar-refractivity contribution in [2.75, 3.05) is 6.61 Å². The van der Waals surface area contributed by atoms with Crippen molar-refractivity contribution in [3.63, 3.8) is 0 Å². The molecular formula is C15H21NO5. The van der Waals surface area contributed by atoms with Crippen LogP contribution in [0.1, 0.15) is 25.8 Å². The Balaban J connectivity index is 2.32. The fraction of sp³-hybridized carbons (Fsp3) is 0.467. The van der Waals surface area contributed by atoms with E-state index in [1.807, 2.05) is 37.3 Å². The molecule has 0 saturated carbocycles. The van der Waals surface area contributed by atoms with E-state index in [-0.39, 0.29) is 19.3 Å². The van der Waals surface area contributed by atoms with Crippen LogP contribution in [-0.2, 0) is 20.9 Å². The Morgan fingerprint density at radius 1 is 1.29 bits per heavy atom. The molecule has 6 heteroatoms. The summed E-state index contributed by atoms with van der Waals surface area (Å²) in [6.45, 7) is 3.64. The lowest BCUT2D eigenvalue weighted by atomic mass is 10.2. The first kappa shape index (κ1) is 17.0. The normalized spacial score (nSPS) is 13.2. The number of ether oxygens (including phenoxy) is 2. The number of rotatable bonds is 8. The van der Waals surface area contributed by atoms with Gasteiger partial charge in [0.25, 0.3) is 0 Å². The lowest BCUT2D eigenvalue weighted by molar-refractivity contribution is -0.149. The quantitative estimate of drug-likeness (QED) is 0.768. The van der Waals surface area contributed by atoms with Gasteiger partial charge in [0.2, 0.25) is 0 Å². The smallest absolute Gasteiger partial charge is 0.407 e. The molecule has 0 radical (unpaired) electrons. The monoisotopic (exact) mass is 295 g/mol. The van der Waals surface area contributed by atoms with Crippen LogP contribution in [-0.4, -0.2) is 35.9 Å². The average Bonchev–Trinajstić information content (AvgIpc) is 2.49. The van der Waals surface area contributed by atoms with Crippen molar-refractivity contribution in [1.82, 2.24) is 5.32 Å². The van der Waals surface area contributed by atoms with E-state index in [0.717, 1.165) is 5.56 Å². The van der Waals surface area contributed by atoms with Gasteiger partial charge in [-0.05, 0) is 18.9 Å². The maximum Gasteiger partial charge on any atom is 0.407 e. The van der Waals surface area contributed by atoms with Crippen LogP contribution in [0.2, 0.25) is 0 Å². The minimum absolute atomic E-state index is 0.129. The standard InChI is InChI=1S/C15H21NO5/c1-3-13(10-20-11(2)14(17)18)16-15(19)21-9-12-7-5-4-6-8-12/h4-8,11,13H,3,9-10H2,1-2H3,(H,16,19)(H,17,18). The fourth-order valence-electron chi connectivity index (χ4n) is 1.52. The van der Waals surface area contributed by atoms with E-state index in [1.165, 1.54) is 6.92 Å². The van der Waals surface area contributed by atoms with Crippen molar-refractivity contribution in [3.8, 4) is 0 Å². The number of carboxylic acid groups (broad SMARTS) is 1. The third kappa shape index (κ3) is 6.76. The summed E-state index contributed by atoms with van der Waals surface area (Å²) in [4.78, 5) is 22.3. The molecule has 2 N–H and O–H groups in total. The molecule has 0 heterocycles. The molecule has 0 fully saturated rings. The zero-order valence-corrected chi connectivity index (χ0v) is 12.2. The van der Waals surface area contributed by atoms with E-state index in [0.29, 0.717) is 6.42 Å². The molecule has 0 aromatic heterocycles. The molecule has 0 aliphatic carbocycles. The molecule has 1 aromatic rings. The first-order valence-corrected chi connectivity index (χ1v) is 6.84. The van der Waals surface area contributed by atoms with Gasteiger partial charge in [-0.3, -0.25) is 0 Å². The molecule has 0 aliphatic heterocycles. The summed E-state index contributed by atoms with van der Waals surface area (Å²) in [6.07, 6.45) is -0.828. The molecule has 116 valence electrons. The zero-order chi connectivity index (χ0) is 15.7. The third-order valence-corrected chi connectivity index (χ3v) is 2.92. The topological polar surface area (TPSA) is 84.9 Å². The second kappa shape index (κ2) is 8.97. The maximum absolute atomic E-state index is 11.7. The Kier molecular flexibility index (Phi) is 7.25. The van der Waals surface area contributed by atoms with Crippen LogP contribution in [0.3, 0.4) is 0 Å². The van der Waals surface area contributed by atoms with E-state index in [4.69, 9.17) is 14.6 Å². The Bertz CT molecular complexity index is 449. The van der Waals surface area contributed by atoms with Crippen LogP contribution >= 0.6 is 0 Å². The van der Waals surface area contributed by atoms with Gasteiger partial charge in [0.1, 0.15) is 6.61 Å². The summed E-state index contributed by atoms with van der Waals surface area (Å²) >= 11 is 0. The highest BCUT2D eigenvalue weighted by atomic mass is 16.5. The fourth-order valence-corrected chi connectivity index (χ4v) is 1.52. The number of carbonyl (C=O) groups excluding carboxylic acids is 1. The number of hydrogen-bond donors (Lipinski definition) is 2. The summed E-state index contributed by atoms with van der Waals surface area (Å²) in [5.74, 6) is -1.03. The van der Waals surface area contributed by atoms with E-state index in [9.17, 15) is 9.59 Å². The van der Waals surface area contributed by atoms with Crippen LogP contribution in [0, 0.1) is 0 Å². The number of hydrogen-bond acceptors (Lipinski definition) is 4. The van der Waals surface area contributed by atoms with E-state index in [2.05, 4.69) is 5.32 Å². The summed E-state index contributed by atoms with van der Waals surface area (Å²) in [6, 6.07) is 9.07. The lowest BCUT2D eigenvalue weighted by Crippen LogP contribution is -2.39. The average molecular weight is 295 g/mol. The molecule has 2 atom stereocenters. The van der Waals surface area contributed by atoms with Crippen molar-refractivity contribution in [1.29, 1.82) is 0 Å². The van der Waals surface area contributed by atoms with Gasteiger partial charge in [-0.1, -0.05) is 37.3 Å². The maximum atomic E-state index is 11.7. The molecule has 1 rings (SSSR count). The summed E-state index contributed by atoms with van der Waals surface area (Å²) in [5.41, 5.74) is 0.899. The van der Waals surface area contributed by atoms with E-state index >= 15 is 0 Å². The van der Waals surface area contributed by atoms with Gasteiger partial charge in [0.05, 0.1) is 12.6 Å². The highest BCUT2D eigenvalue weighted by Gasteiger charge is 2.16. The number of nitrogens with one attached hydrogen (secondary N) is 1. The summed E-state index contributed by atoms with van der Waals surface area (Å²) in [7, 11) is 0. The minimum atomic E-state index is -1.03. The number of amides is 1. The third-order valence-electron chi connectivity index (χ3n) is 2.92. The Labute approximate surface area is 124 Å². The largest absolute Gasteiger partial charge is 0.479 e. The predicted octanol–water partition coefficient (Wildman–Crippen LogP) is 2.18. The zero-order valence-electron chi connectivity index (χ0n) is 12.2. The van der Waals surface area contributed by atoms with Gasteiger partial charge < -0.3 is 19.9 Å². The molecule has 0 saturated heterocycles. The van der Waals surface area contributed by atoms with Crippen molar-refractivity contribution in [3.05, 3.63) is 35.9 Å². The highest BCUT2D eigenvalue weighted by Crippen LogP contribution is 2.02. The Hall–Kier alpha value is -2.08. The van der Waals surface area contributed by atoms with Crippen LogP contribution in [0.5, 0.6) is 0 Å². The van der Waals surface area contributed by atoms with Gasteiger partial charge in [0, 0.05) is 0 Å². The number of benzene rings is 1. The Morgan fingerprint density at radius 2 is 1.95 bits per heavy atom. The molecule has 0 bridgehead atoms. The predicted molar refractivity (Wildman–Crippen MR) is 76.9 cm³/mol. The second-order valence-electron chi connectivity index (χ2n) is 4.63. The molecule has 1 amide bonds. The molecule has 2 unspecified atom stereocenters. The molecule has 1 aromatic carbocycles. The van der Waals surface area contributed by atoms with Crippen molar-refractivity contribution in [2.45, 2.75) is 39.0 Å². The molecule has 21 heavy (non-hydrogen) atoms. The van der Waals surface area contributed by atoms with Gasteiger partial charge in [0.15, 0.2) is 6.10 Å². The highest BCUT2D eigenvalue weighted by molar-refractivity contribution is 5.71. The minimum Gasteiger partial charge on any atom is -0.479 e. The summed E-state index contributed by atoms with van der Waals surface area (Å²) in [5, 5.41) is 11.4. The first-order chi connectivity index (χ1) is 10.0. The van der Waals surface area contributed by atoms with Crippen molar-refractivity contribution >= 4 is 12.1 Å². The van der Waals surface area contributed by atoms with Crippen LogP contribution in [0.15, 0.2) is 30.3 Å². The van der Waals surface area contributed by atoms with Gasteiger partial charge in [-0.25, -0.2) is 9.59 Å².